The standard InChI is InChI=1S/C17H32N4/c1-4-19-17(14-18)10-7-8-15(12-17)21-11-9-16(13-21)20(5-2)6-3/h15-16,19H,4-13H2,1-3H3. The van der Waals surface area contributed by atoms with Crippen molar-refractivity contribution in [3.8, 4) is 6.07 Å². The average Bonchev–Trinajstić information content (AvgIpc) is 2.99. The molecular weight excluding hydrogens is 260 g/mol. The van der Waals surface area contributed by atoms with Gasteiger partial charge < -0.3 is 0 Å². The Labute approximate surface area is 130 Å². The molecule has 3 unspecified atom stereocenters. The Bertz CT molecular complexity index is 356. The smallest absolute Gasteiger partial charge is 0.108 e. The van der Waals surface area contributed by atoms with Crippen molar-refractivity contribution in [2.24, 2.45) is 0 Å². The number of rotatable bonds is 6. The Morgan fingerprint density at radius 2 is 2.05 bits per heavy atom. The highest BCUT2D eigenvalue weighted by Gasteiger charge is 2.40. The summed E-state index contributed by atoms with van der Waals surface area (Å²) in [5.74, 6) is 0. The maximum atomic E-state index is 9.61. The van der Waals surface area contributed by atoms with Crippen molar-refractivity contribution in [2.45, 2.75) is 70.5 Å². The average molecular weight is 292 g/mol. The summed E-state index contributed by atoms with van der Waals surface area (Å²) in [4.78, 5) is 5.25. The van der Waals surface area contributed by atoms with Crippen LogP contribution in [-0.4, -0.2) is 60.1 Å². The van der Waals surface area contributed by atoms with Crippen molar-refractivity contribution < 1.29 is 0 Å². The molecule has 0 spiro atoms. The molecule has 1 aliphatic heterocycles. The summed E-state index contributed by atoms with van der Waals surface area (Å²) in [5.41, 5.74) is -0.273. The molecule has 120 valence electrons. The molecule has 0 aromatic rings. The van der Waals surface area contributed by atoms with Gasteiger partial charge in [0.2, 0.25) is 0 Å². The second-order valence-electron chi connectivity index (χ2n) is 6.63. The normalized spacial score (nSPS) is 34.2. The first kappa shape index (κ1) is 16.7. The summed E-state index contributed by atoms with van der Waals surface area (Å²) in [5, 5.41) is 13.1. The number of hydrogen-bond acceptors (Lipinski definition) is 4. The highest BCUT2D eigenvalue weighted by molar-refractivity contribution is 5.11. The van der Waals surface area contributed by atoms with E-state index in [-0.39, 0.29) is 5.54 Å². The molecule has 3 atom stereocenters. The minimum absolute atomic E-state index is 0.273. The van der Waals surface area contributed by atoms with E-state index in [9.17, 15) is 5.26 Å². The predicted molar refractivity (Wildman–Crippen MR) is 87.2 cm³/mol. The van der Waals surface area contributed by atoms with Gasteiger partial charge in [0.15, 0.2) is 0 Å². The lowest BCUT2D eigenvalue weighted by Gasteiger charge is -2.40. The zero-order valence-corrected chi connectivity index (χ0v) is 14.1. The first-order valence-electron chi connectivity index (χ1n) is 8.82. The van der Waals surface area contributed by atoms with Gasteiger partial charge in [-0.3, -0.25) is 15.1 Å². The number of nitrogens with one attached hydrogen (secondary N) is 1. The molecule has 1 saturated carbocycles. The van der Waals surface area contributed by atoms with E-state index in [1.165, 1.54) is 32.4 Å². The van der Waals surface area contributed by atoms with Crippen LogP contribution >= 0.6 is 0 Å². The Morgan fingerprint density at radius 3 is 2.67 bits per heavy atom. The summed E-state index contributed by atoms with van der Waals surface area (Å²) < 4.78 is 0. The van der Waals surface area contributed by atoms with Crippen LogP contribution in [0.3, 0.4) is 0 Å². The third-order valence-electron chi connectivity index (χ3n) is 5.49. The van der Waals surface area contributed by atoms with Gasteiger partial charge >= 0.3 is 0 Å². The fraction of sp³-hybridized carbons (Fsp3) is 0.941. The van der Waals surface area contributed by atoms with Gasteiger partial charge in [-0.25, -0.2) is 0 Å². The summed E-state index contributed by atoms with van der Waals surface area (Å²) in [6, 6.07) is 3.90. The minimum atomic E-state index is -0.273. The molecule has 2 rings (SSSR count). The van der Waals surface area contributed by atoms with E-state index < -0.39 is 0 Å². The minimum Gasteiger partial charge on any atom is -0.300 e. The Balaban J connectivity index is 1.95. The maximum Gasteiger partial charge on any atom is 0.108 e. The number of nitriles is 1. The van der Waals surface area contributed by atoms with E-state index in [0.717, 1.165) is 38.5 Å². The predicted octanol–water partition coefficient (Wildman–Crippen LogP) is 2.22. The van der Waals surface area contributed by atoms with Crippen LogP contribution in [0.5, 0.6) is 0 Å². The first-order chi connectivity index (χ1) is 10.2. The zero-order valence-electron chi connectivity index (χ0n) is 14.1. The number of likely N-dealkylation sites (N-methyl/N-ethyl adjacent to an activating group) is 1. The molecule has 1 heterocycles. The number of likely N-dealkylation sites (tertiary alicyclic amines) is 1. The fourth-order valence-corrected chi connectivity index (χ4v) is 4.34. The van der Waals surface area contributed by atoms with Crippen molar-refractivity contribution in [1.29, 1.82) is 5.26 Å². The lowest BCUT2D eigenvalue weighted by molar-refractivity contribution is 0.130. The molecule has 0 amide bonds. The molecule has 4 heteroatoms. The third kappa shape index (κ3) is 3.77. The largest absolute Gasteiger partial charge is 0.300 e. The highest BCUT2D eigenvalue weighted by Crippen LogP contribution is 2.33. The molecule has 4 nitrogen and oxygen atoms in total. The topological polar surface area (TPSA) is 42.3 Å². The Morgan fingerprint density at radius 1 is 1.29 bits per heavy atom. The van der Waals surface area contributed by atoms with Gasteiger partial charge in [0.05, 0.1) is 6.07 Å². The summed E-state index contributed by atoms with van der Waals surface area (Å²) in [6.45, 7) is 12.2. The van der Waals surface area contributed by atoms with Gasteiger partial charge in [0.25, 0.3) is 0 Å². The van der Waals surface area contributed by atoms with Crippen molar-refractivity contribution in [1.82, 2.24) is 15.1 Å². The van der Waals surface area contributed by atoms with Crippen molar-refractivity contribution in [3.63, 3.8) is 0 Å². The van der Waals surface area contributed by atoms with Crippen LogP contribution in [0.4, 0.5) is 0 Å². The van der Waals surface area contributed by atoms with Crippen LogP contribution in [0.1, 0.15) is 52.9 Å². The quantitative estimate of drug-likeness (QED) is 0.815. The van der Waals surface area contributed by atoms with Crippen molar-refractivity contribution >= 4 is 0 Å². The van der Waals surface area contributed by atoms with Crippen LogP contribution in [0.25, 0.3) is 0 Å². The van der Waals surface area contributed by atoms with Gasteiger partial charge in [-0.1, -0.05) is 20.8 Å². The van der Waals surface area contributed by atoms with Crippen molar-refractivity contribution in [2.75, 3.05) is 32.7 Å². The maximum absolute atomic E-state index is 9.61. The molecular formula is C17H32N4. The van der Waals surface area contributed by atoms with Crippen LogP contribution in [0.15, 0.2) is 0 Å². The molecule has 0 aromatic heterocycles. The van der Waals surface area contributed by atoms with E-state index in [1.54, 1.807) is 0 Å². The highest BCUT2D eigenvalue weighted by atomic mass is 15.3. The summed E-state index contributed by atoms with van der Waals surface area (Å²) >= 11 is 0. The van der Waals surface area contributed by atoms with Gasteiger partial charge in [-0.05, 0) is 51.7 Å². The lowest BCUT2D eigenvalue weighted by atomic mass is 9.79. The Kier molecular flexibility index (Phi) is 6.04. The molecule has 1 saturated heterocycles. The SMILES string of the molecule is CCNC1(C#N)CCCC(N2CCC(N(CC)CC)C2)C1. The van der Waals surface area contributed by atoms with Gasteiger partial charge in [-0.2, -0.15) is 5.26 Å². The van der Waals surface area contributed by atoms with Gasteiger partial charge in [0, 0.05) is 25.2 Å². The third-order valence-corrected chi connectivity index (χ3v) is 5.49. The Hall–Kier alpha value is -0.630. The van der Waals surface area contributed by atoms with Gasteiger partial charge in [-0.15, -0.1) is 0 Å². The van der Waals surface area contributed by atoms with E-state index in [2.05, 4.69) is 42.0 Å². The molecule has 1 N–H and O–H groups in total. The van der Waals surface area contributed by atoms with Crippen LogP contribution < -0.4 is 5.32 Å². The second-order valence-corrected chi connectivity index (χ2v) is 6.63. The van der Waals surface area contributed by atoms with Crippen LogP contribution in [-0.2, 0) is 0 Å². The van der Waals surface area contributed by atoms with E-state index in [4.69, 9.17) is 0 Å². The van der Waals surface area contributed by atoms with Crippen LogP contribution in [0.2, 0.25) is 0 Å². The second kappa shape index (κ2) is 7.58. The molecule has 0 aromatic carbocycles. The lowest BCUT2D eigenvalue weighted by Crippen LogP contribution is -2.52. The molecule has 2 fully saturated rings. The number of hydrogen-bond donors (Lipinski definition) is 1. The first-order valence-corrected chi connectivity index (χ1v) is 8.82. The fourth-order valence-electron chi connectivity index (χ4n) is 4.34. The van der Waals surface area contributed by atoms with Crippen LogP contribution in [0, 0.1) is 11.3 Å². The summed E-state index contributed by atoms with van der Waals surface area (Å²) in [7, 11) is 0. The van der Waals surface area contributed by atoms with Gasteiger partial charge in [0.1, 0.15) is 5.54 Å². The number of nitrogens with zero attached hydrogens (tertiary/aromatic N) is 3. The van der Waals surface area contributed by atoms with Crippen molar-refractivity contribution in [3.05, 3.63) is 0 Å². The molecule has 1 aliphatic carbocycles. The molecule has 0 radical (unpaired) electrons. The van der Waals surface area contributed by atoms with E-state index >= 15 is 0 Å². The molecule has 0 bridgehead atoms. The monoisotopic (exact) mass is 292 g/mol. The molecule has 21 heavy (non-hydrogen) atoms. The molecule has 2 aliphatic rings. The van der Waals surface area contributed by atoms with E-state index in [1.807, 2.05) is 0 Å². The zero-order chi connectivity index (χ0) is 15.3. The van der Waals surface area contributed by atoms with E-state index in [0.29, 0.717) is 6.04 Å². The summed E-state index contributed by atoms with van der Waals surface area (Å²) in [6.07, 6.45) is 5.75.